The van der Waals surface area contributed by atoms with Crippen LogP contribution in [0.5, 0.6) is 5.75 Å². The van der Waals surface area contributed by atoms with Gasteiger partial charge < -0.3 is 14.3 Å². The number of hydrogen-bond donors (Lipinski definition) is 1. The number of benzene rings is 2. The topological polar surface area (TPSA) is 38.7 Å². The Bertz CT molecular complexity index is 1080. The highest BCUT2D eigenvalue weighted by molar-refractivity contribution is 9.10. The van der Waals surface area contributed by atoms with E-state index in [1.165, 1.54) is 19.3 Å². The quantitative estimate of drug-likeness (QED) is 0.0941. The van der Waals surface area contributed by atoms with Crippen LogP contribution in [0.1, 0.15) is 95.4 Å². The van der Waals surface area contributed by atoms with E-state index in [4.69, 9.17) is 9.16 Å². The number of hydrogen-bond acceptors (Lipinski definition) is 3. The predicted molar refractivity (Wildman–Crippen MR) is 172 cm³/mol. The average molecular weight is 614 g/mol. The minimum Gasteiger partial charge on any atom is -0.489 e. The van der Waals surface area contributed by atoms with Gasteiger partial charge in [-0.1, -0.05) is 105 Å². The van der Waals surface area contributed by atoms with Gasteiger partial charge in [-0.2, -0.15) is 0 Å². The van der Waals surface area contributed by atoms with Gasteiger partial charge in [-0.3, -0.25) is 0 Å². The van der Waals surface area contributed by atoms with Crippen molar-refractivity contribution in [2.24, 2.45) is 0 Å². The number of halogens is 1. The van der Waals surface area contributed by atoms with Crippen LogP contribution in [0.3, 0.4) is 0 Å². The van der Waals surface area contributed by atoms with Crippen LogP contribution < -0.4 is 4.74 Å². The van der Waals surface area contributed by atoms with Crippen LogP contribution in [0.4, 0.5) is 0 Å². The summed E-state index contributed by atoms with van der Waals surface area (Å²) in [6, 6.07) is 14.0. The summed E-state index contributed by atoms with van der Waals surface area (Å²) < 4.78 is 13.8. The number of ether oxygens (including phenoxy) is 1. The molecule has 0 bridgehead atoms. The van der Waals surface area contributed by atoms with Gasteiger partial charge in [0.25, 0.3) is 0 Å². The highest BCUT2D eigenvalue weighted by atomic mass is 79.9. The normalized spacial score (nSPS) is 13.3. The average Bonchev–Trinajstić information content (AvgIpc) is 2.88. The molecule has 1 N–H and O–H groups in total. The number of rotatable bonds is 15. The first kappa shape index (κ1) is 33.4. The van der Waals surface area contributed by atoms with E-state index in [1.54, 1.807) is 0 Å². The van der Waals surface area contributed by atoms with Crippen LogP contribution in [-0.4, -0.2) is 19.5 Å². The van der Waals surface area contributed by atoms with Gasteiger partial charge in [0.2, 0.25) is 0 Å². The lowest BCUT2D eigenvalue weighted by Crippen LogP contribution is -2.44. The molecule has 0 heterocycles. The molecule has 0 fully saturated rings. The largest absolute Gasteiger partial charge is 0.489 e. The molecular formula is C34H49BrO3Si. The maximum Gasteiger partial charge on any atom is 0.192 e. The van der Waals surface area contributed by atoms with Gasteiger partial charge in [0.05, 0.1) is 0 Å². The minimum atomic E-state index is -1.86. The van der Waals surface area contributed by atoms with Gasteiger partial charge in [0, 0.05) is 28.1 Å². The van der Waals surface area contributed by atoms with E-state index in [9.17, 15) is 5.11 Å². The van der Waals surface area contributed by atoms with Gasteiger partial charge in [-0.15, -0.1) is 12.5 Å². The van der Waals surface area contributed by atoms with Crippen LogP contribution in [0.15, 0.2) is 59.6 Å². The zero-order valence-electron chi connectivity index (χ0n) is 25.0. The Hall–Kier alpha value is -1.84. The number of aliphatic hydroxyl groups is 1. The van der Waals surface area contributed by atoms with E-state index in [0.717, 1.165) is 52.6 Å². The van der Waals surface area contributed by atoms with Crippen LogP contribution in [-0.2, 0) is 17.5 Å². The minimum absolute atomic E-state index is 0.180. The Balaban J connectivity index is 2.18. The van der Waals surface area contributed by atoms with E-state index in [-0.39, 0.29) is 11.1 Å². The van der Waals surface area contributed by atoms with Crippen LogP contribution in [0, 0.1) is 11.8 Å². The lowest BCUT2D eigenvalue weighted by molar-refractivity contribution is 0.159. The fourth-order valence-electron chi connectivity index (χ4n) is 4.24. The molecule has 2 aromatic carbocycles. The summed E-state index contributed by atoms with van der Waals surface area (Å²) in [5, 5.41) is 11.4. The summed E-state index contributed by atoms with van der Waals surface area (Å²) in [5.41, 5.74) is 2.86. The molecule has 0 saturated heterocycles. The highest BCUT2D eigenvalue weighted by Crippen LogP contribution is 2.38. The standard InChI is InChI=1S/C34H49BrO3Si/c1-8-10-13-20-28(38-39(6,7)34(3,4)5)21-16-17-23-31(36)33-29(22-11-9-2)32(25-24-30(33)35)37-26-27-18-14-12-15-19-27/h9,12,14-15,18-19,24-25,28,31,36H,2,8,10-11,13,16,20-22,26H2,1,3-7H3/t28-,31?/m0/s1. The summed E-state index contributed by atoms with van der Waals surface area (Å²) >= 11 is 3.66. The van der Waals surface area contributed by atoms with Gasteiger partial charge in [-0.25, -0.2) is 0 Å². The Morgan fingerprint density at radius 3 is 2.44 bits per heavy atom. The van der Waals surface area contributed by atoms with Crippen LogP contribution >= 0.6 is 15.9 Å². The fraction of sp³-hybridized carbons (Fsp3) is 0.529. The molecule has 0 aliphatic carbocycles. The Kier molecular flexibility index (Phi) is 14.1. The van der Waals surface area contributed by atoms with Crippen molar-refractivity contribution in [3.63, 3.8) is 0 Å². The molecule has 0 spiro atoms. The summed E-state index contributed by atoms with van der Waals surface area (Å²) in [6.07, 6.45) is 8.99. The molecule has 39 heavy (non-hydrogen) atoms. The Labute approximate surface area is 247 Å². The third kappa shape index (κ3) is 10.9. The van der Waals surface area contributed by atoms with E-state index >= 15 is 0 Å². The zero-order chi connectivity index (χ0) is 28.9. The number of unbranched alkanes of at least 4 members (excludes halogenated alkanes) is 2. The lowest BCUT2D eigenvalue weighted by Gasteiger charge is -2.39. The third-order valence-corrected chi connectivity index (χ3v) is 12.8. The molecule has 0 amide bonds. The first-order valence-electron chi connectivity index (χ1n) is 14.4. The smallest absolute Gasteiger partial charge is 0.192 e. The van der Waals surface area contributed by atoms with E-state index in [2.05, 4.69) is 75.1 Å². The number of aliphatic hydroxyl groups excluding tert-OH is 1. The third-order valence-electron chi connectivity index (χ3n) is 7.60. The molecule has 0 aliphatic heterocycles. The van der Waals surface area contributed by atoms with Crippen molar-refractivity contribution in [1.82, 2.24) is 0 Å². The van der Waals surface area contributed by atoms with E-state index < -0.39 is 14.4 Å². The van der Waals surface area contributed by atoms with Gasteiger partial charge in [0.1, 0.15) is 18.5 Å². The maximum atomic E-state index is 11.2. The molecule has 2 atom stereocenters. The molecule has 1 unspecified atom stereocenters. The predicted octanol–water partition coefficient (Wildman–Crippen LogP) is 9.93. The molecule has 3 nitrogen and oxygen atoms in total. The van der Waals surface area contributed by atoms with Crippen molar-refractivity contribution in [1.29, 1.82) is 0 Å². The van der Waals surface area contributed by atoms with E-state index in [0.29, 0.717) is 13.0 Å². The lowest BCUT2D eigenvalue weighted by atomic mass is 9.97. The van der Waals surface area contributed by atoms with Crippen molar-refractivity contribution in [3.05, 3.63) is 76.3 Å². The van der Waals surface area contributed by atoms with Crippen molar-refractivity contribution in [2.45, 2.75) is 116 Å². The van der Waals surface area contributed by atoms with Gasteiger partial charge in [-0.05, 0) is 61.5 Å². The second-order valence-electron chi connectivity index (χ2n) is 11.8. The second kappa shape index (κ2) is 16.4. The molecule has 214 valence electrons. The van der Waals surface area contributed by atoms with Crippen molar-refractivity contribution in [2.75, 3.05) is 0 Å². The molecule has 0 saturated carbocycles. The first-order chi connectivity index (χ1) is 18.5. The summed E-state index contributed by atoms with van der Waals surface area (Å²) in [6.45, 7) is 18.1. The molecule has 0 aliphatic rings. The van der Waals surface area contributed by atoms with Crippen molar-refractivity contribution in [3.8, 4) is 17.6 Å². The Morgan fingerprint density at radius 2 is 1.79 bits per heavy atom. The van der Waals surface area contributed by atoms with Crippen LogP contribution in [0.2, 0.25) is 18.1 Å². The second-order valence-corrected chi connectivity index (χ2v) is 17.4. The Morgan fingerprint density at radius 1 is 1.08 bits per heavy atom. The first-order valence-corrected chi connectivity index (χ1v) is 18.1. The summed E-state index contributed by atoms with van der Waals surface area (Å²) in [7, 11) is -1.86. The summed E-state index contributed by atoms with van der Waals surface area (Å²) in [4.78, 5) is 0. The van der Waals surface area contributed by atoms with Crippen molar-refractivity contribution >= 4 is 24.2 Å². The zero-order valence-corrected chi connectivity index (χ0v) is 27.6. The van der Waals surface area contributed by atoms with Crippen molar-refractivity contribution < 1.29 is 14.3 Å². The van der Waals surface area contributed by atoms with E-state index in [1.807, 2.05) is 48.5 Å². The number of allylic oxidation sites excluding steroid dienone is 1. The maximum absolute atomic E-state index is 11.2. The summed E-state index contributed by atoms with van der Waals surface area (Å²) in [5.74, 6) is 7.17. The van der Waals surface area contributed by atoms with Gasteiger partial charge >= 0.3 is 0 Å². The van der Waals surface area contributed by atoms with Gasteiger partial charge in [0.15, 0.2) is 8.32 Å². The molecule has 0 radical (unpaired) electrons. The highest BCUT2D eigenvalue weighted by Gasteiger charge is 2.38. The molecule has 5 heteroatoms. The molecule has 0 aromatic heterocycles. The van der Waals surface area contributed by atoms with Crippen LogP contribution in [0.25, 0.3) is 0 Å². The molecular weight excluding hydrogens is 564 g/mol. The molecule has 2 rings (SSSR count). The monoisotopic (exact) mass is 612 g/mol. The SMILES string of the molecule is C=CCCc1c(OCc2ccccc2)ccc(Br)c1C(O)C#CCC[C@H](CCCCC)O[Si](C)(C)C(C)(C)C. The fourth-order valence-corrected chi connectivity index (χ4v) is 6.25. The molecule has 2 aromatic rings.